The van der Waals surface area contributed by atoms with Gasteiger partial charge in [-0.15, -0.1) is 0 Å². The molecule has 17 heavy (non-hydrogen) atoms. The molecule has 0 bridgehead atoms. The number of benzene rings is 2. The van der Waals surface area contributed by atoms with Crippen molar-refractivity contribution in [1.82, 2.24) is 0 Å². The Hall–Kier alpha value is -0.817. The van der Waals surface area contributed by atoms with Crippen LogP contribution in [-0.4, -0.2) is 0 Å². The van der Waals surface area contributed by atoms with Crippen molar-refractivity contribution in [2.24, 2.45) is 0 Å². The fourth-order valence-corrected chi connectivity index (χ4v) is 2.13. The Kier molecular flexibility index (Phi) is 4.22. The predicted molar refractivity (Wildman–Crippen MR) is 61.3 cm³/mol. The first-order chi connectivity index (χ1) is 8.27. The Morgan fingerprint density at radius 3 is 2.29 bits per heavy atom. The molecule has 0 spiro atoms. The van der Waals surface area contributed by atoms with E-state index in [2.05, 4.69) is 55.8 Å². The summed E-state index contributed by atoms with van der Waals surface area (Å²) in [5.74, 6) is 0. The number of hydrogen-bond donors (Lipinski definition) is 0. The van der Waals surface area contributed by atoms with Crippen molar-refractivity contribution in [3.63, 3.8) is 0 Å². The minimum absolute atomic E-state index is 1.34. The third kappa shape index (κ3) is 2.55. The van der Waals surface area contributed by atoms with Gasteiger partial charge in [-0.3, -0.25) is 0 Å². The van der Waals surface area contributed by atoms with Crippen LogP contribution in [0.25, 0.3) is 11.1 Å². The van der Waals surface area contributed by atoms with Gasteiger partial charge in [0.15, 0.2) is 0 Å². The van der Waals surface area contributed by atoms with Crippen molar-refractivity contribution >= 4 is 0 Å². The first-order valence-electron chi connectivity index (χ1n) is 5.28. The number of hydrogen-bond acceptors (Lipinski definition) is 0. The van der Waals surface area contributed by atoms with E-state index in [1.807, 2.05) is 0 Å². The summed E-state index contributed by atoms with van der Waals surface area (Å²) in [5.41, 5.74) is 6.83. The first-order valence-corrected chi connectivity index (χ1v) is 7.13. The van der Waals surface area contributed by atoms with Crippen molar-refractivity contribution in [1.29, 1.82) is 0 Å². The van der Waals surface area contributed by atoms with Crippen LogP contribution in [0.5, 0.6) is 0 Å². The number of aryl methyl sites for hydroxylation is 1. The summed E-state index contributed by atoms with van der Waals surface area (Å²) >= 11 is -2.77. The summed E-state index contributed by atoms with van der Waals surface area (Å²) in [7, 11) is 0. The van der Waals surface area contributed by atoms with E-state index in [0.29, 0.717) is 0 Å². The zero-order valence-electron chi connectivity index (χ0n) is 9.37. The van der Waals surface area contributed by atoms with Crippen LogP contribution in [0.15, 0.2) is 42.5 Å². The summed E-state index contributed by atoms with van der Waals surface area (Å²) in [6, 6.07) is 15.1. The van der Waals surface area contributed by atoms with E-state index >= 15 is 0 Å². The van der Waals surface area contributed by atoms with E-state index in [4.69, 9.17) is 0 Å². The Labute approximate surface area is 113 Å². The third-order valence-electron chi connectivity index (χ3n) is 2.87. The minimum atomic E-state index is -2.77. The van der Waals surface area contributed by atoms with E-state index in [9.17, 15) is 5.25 Å². The zero-order valence-corrected chi connectivity index (χ0v) is 11.8. The van der Waals surface area contributed by atoms with Crippen molar-refractivity contribution in [3.8, 4) is 11.1 Å². The van der Waals surface area contributed by atoms with Gasteiger partial charge in [-0.1, -0.05) is 42.5 Å². The Morgan fingerprint density at radius 2 is 1.53 bits per heavy atom. The second kappa shape index (κ2) is 5.68. The molecule has 1 aliphatic rings. The van der Waals surface area contributed by atoms with Crippen molar-refractivity contribution in [3.05, 3.63) is 65.6 Å². The third-order valence-corrected chi connectivity index (χ3v) is 2.87. The quantitative estimate of drug-likeness (QED) is 0.577. The standard InChI is InChI=1S/C14H11.2FH.Zr/c1-10-5-4-8-13-12-7-3-2-6-11(12)9-14(10)13;;;/h2-9H,1H3;2*1H;/q;;;+2/p-2. The Bertz CT molecular complexity index is 523. The maximum atomic E-state index is 9.80. The van der Waals surface area contributed by atoms with Gasteiger partial charge in [0, 0.05) is 6.42 Å². The van der Waals surface area contributed by atoms with Crippen molar-refractivity contribution < 1.29 is 29.7 Å². The molecule has 0 aromatic heterocycles. The molecule has 1 radical (unpaired) electrons. The van der Waals surface area contributed by atoms with E-state index in [-0.39, 0.29) is 0 Å². The fourth-order valence-electron chi connectivity index (χ4n) is 2.13. The average Bonchev–Trinajstić information content (AvgIpc) is 2.71. The molecule has 0 saturated heterocycles. The topological polar surface area (TPSA) is 0 Å². The molecule has 0 heterocycles. The van der Waals surface area contributed by atoms with Crippen molar-refractivity contribution in [2.45, 2.75) is 6.92 Å². The normalized spacial score (nSPS) is 11.0. The van der Waals surface area contributed by atoms with Crippen LogP contribution in [0.3, 0.4) is 0 Å². The molecule has 0 atom stereocenters. The molecule has 1 aliphatic carbocycles. The number of fused-ring (bicyclic) bond motifs is 3. The molecule has 2 aromatic carbocycles. The van der Waals surface area contributed by atoms with Crippen molar-refractivity contribution in [2.75, 3.05) is 0 Å². The van der Waals surface area contributed by atoms with Crippen LogP contribution in [0.1, 0.15) is 16.7 Å². The van der Waals surface area contributed by atoms with Gasteiger partial charge in [-0.05, 0) is 34.7 Å². The van der Waals surface area contributed by atoms with Gasteiger partial charge in [-0.2, -0.15) is 0 Å². The Morgan fingerprint density at radius 1 is 0.882 bits per heavy atom. The second-order valence-corrected chi connectivity index (χ2v) is 4.19. The molecule has 3 heteroatoms. The van der Waals surface area contributed by atoms with Crippen LogP contribution in [0, 0.1) is 13.3 Å². The van der Waals surface area contributed by atoms with Crippen LogP contribution >= 0.6 is 0 Å². The molecule has 0 fully saturated rings. The molecule has 0 aliphatic heterocycles. The maximum absolute atomic E-state index is 9.80. The van der Waals surface area contributed by atoms with E-state index in [1.165, 1.54) is 27.8 Å². The number of halogens is 2. The molecule has 85 valence electrons. The molecule has 3 rings (SSSR count). The molecule has 0 amide bonds. The van der Waals surface area contributed by atoms with Gasteiger partial charge >= 0.3 is 29.7 Å². The summed E-state index contributed by atoms with van der Waals surface area (Å²) in [6.45, 7) is 2.17. The van der Waals surface area contributed by atoms with Gasteiger partial charge < -0.3 is 0 Å². The fraction of sp³-hybridized carbons (Fsp3) is 0.0714. The molecule has 2 aromatic rings. The van der Waals surface area contributed by atoms with E-state index in [1.54, 1.807) is 0 Å². The van der Waals surface area contributed by atoms with E-state index < -0.39 is 24.5 Å². The summed E-state index contributed by atoms with van der Waals surface area (Å²) in [6.07, 6.45) is 2.28. The van der Waals surface area contributed by atoms with Crippen LogP contribution in [-0.2, 0) is 24.5 Å². The molecule has 0 saturated carbocycles. The molecule has 0 unspecified atom stereocenters. The Balaban J connectivity index is 0.000000329. The van der Waals surface area contributed by atoms with Gasteiger partial charge in [0.1, 0.15) is 0 Å². The summed E-state index contributed by atoms with van der Waals surface area (Å²) in [4.78, 5) is 0. The van der Waals surface area contributed by atoms with Crippen LogP contribution < -0.4 is 0 Å². The van der Waals surface area contributed by atoms with Gasteiger partial charge in [0.2, 0.25) is 0 Å². The van der Waals surface area contributed by atoms with Gasteiger partial charge in [0.25, 0.3) is 0 Å². The summed E-state index contributed by atoms with van der Waals surface area (Å²) < 4.78 is 19.6. The zero-order chi connectivity index (χ0) is 12.3. The summed E-state index contributed by atoms with van der Waals surface area (Å²) in [5, 5.41) is 0. The second-order valence-electron chi connectivity index (χ2n) is 3.84. The molecular formula is C14H11F2Zr. The van der Waals surface area contributed by atoms with Crippen LogP contribution in [0.2, 0.25) is 0 Å². The van der Waals surface area contributed by atoms with Gasteiger partial charge in [0.05, 0.1) is 0 Å². The van der Waals surface area contributed by atoms with Gasteiger partial charge in [-0.25, -0.2) is 0 Å². The average molecular weight is 308 g/mol. The van der Waals surface area contributed by atoms with E-state index in [0.717, 1.165) is 0 Å². The molecule has 0 N–H and O–H groups in total. The van der Waals surface area contributed by atoms with Crippen LogP contribution in [0.4, 0.5) is 5.25 Å². The first kappa shape index (κ1) is 12.6. The molecular weight excluding hydrogens is 297 g/mol. The SMILES string of the molecule is Cc1cccc2c1[CH]c1ccccc1-2.[F][Zr][F]. The number of rotatable bonds is 0. The predicted octanol–water partition coefficient (Wildman–Crippen LogP) is 4.41. The monoisotopic (exact) mass is 307 g/mol. The molecule has 0 nitrogen and oxygen atoms in total.